The number of benzene rings is 1. The van der Waals surface area contributed by atoms with Gasteiger partial charge >= 0.3 is 0 Å². The van der Waals surface area contributed by atoms with Gasteiger partial charge in [-0.05, 0) is 25.0 Å². The minimum absolute atomic E-state index is 0.189. The summed E-state index contributed by atoms with van der Waals surface area (Å²) in [5.74, 6) is 0. The van der Waals surface area contributed by atoms with Crippen LogP contribution >= 0.6 is 0 Å². The van der Waals surface area contributed by atoms with Crippen LogP contribution in [0.25, 0.3) is 0 Å². The molecule has 1 aromatic rings. The summed E-state index contributed by atoms with van der Waals surface area (Å²) in [5.41, 5.74) is 5.09. The van der Waals surface area contributed by atoms with Crippen LogP contribution in [0.2, 0.25) is 0 Å². The van der Waals surface area contributed by atoms with Crippen LogP contribution in [0, 0.1) is 0 Å². The summed E-state index contributed by atoms with van der Waals surface area (Å²) in [5, 5.41) is 0. The minimum atomic E-state index is -4.00. The molecule has 1 fully saturated rings. The molecule has 3 N–H and O–H groups in total. The molecule has 0 heterocycles. The van der Waals surface area contributed by atoms with Crippen molar-refractivity contribution < 1.29 is 16.8 Å². The van der Waals surface area contributed by atoms with E-state index in [2.05, 4.69) is 4.72 Å². The van der Waals surface area contributed by atoms with Crippen molar-refractivity contribution in [3.63, 3.8) is 0 Å². The molecule has 0 saturated heterocycles. The molecular weight excluding hydrogens is 338 g/mol. The topological polar surface area (TPSA) is 110 Å². The maximum absolute atomic E-state index is 12.8. The Morgan fingerprint density at radius 2 is 1.61 bits per heavy atom. The van der Waals surface area contributed by atoms with Crippen LogP contribution in [0.1, 0.15) is 25.7 Å². The number of nitrogens with zero attached hydrogens (tertiary/aromatic N) is 1. The summed E-state index contributed by atoms with van der Waals surface area (Å²) < 4.78 is 54.0. The van der Waals surface area contributed by atoms with Gasteiger partial charge in [0, 0.05) is 26.2 Å². The number of hydrogen-bond donors (Lipinski definition) is 2. The second kappa shape index (κ2) is 6.48. The minimum Gasteiger partial charge on any atom is -0.329 e. The lowest BCUT2D eigenvalue weighted by molar-refractivity contribution is 0.399. The Bertz CT molecular complexity index is 767. The van der Waals surface area contributed by atoms with Crippen LogP contribution in [0.15, 0.2) is 34.1 Å². The van der Waals surface area contributed by atoms with E-state index >= 15 is 0 Å². The van der Waals surface area contributed by atoms with Gasteiger partial charge in [-0.2, -0.15) is 0 Å². The van der Waals surface area contributed by atoms with Gasteiger partial charge in [0.1, 0.15) is 9.79 Å². The fourth-order valence-electron chi connectivity index (χ4n) is 2.82. The first kappa shape index (κ1) is 18.3. The number of nitrogens with one attached hydrogen (secondary N) is 1. The van der Waals surface area contributed by atoms with Gasteiger partial charge in [-0.25, -0.2) is 25.9 Å². The molecule has 0 aliphatic heterocycles. The third-order valence-corrected chi connectivity index (χ3v) is 7.84. The Morgan fingerprint density at radius 1 is 1.09 bits per heavy atom. The smallest absolute Gasteiger partial charge is 0.243 e. The van der Waals surface area contributed by atoms with Crippen LogP contribution in [0.4, 0.5) is 0 Å². The van der Waals surface area contributed by atoms with Crippen LogP contribution < -0.4 is 10.5 Å². The van der Waals surface area contributed by atoms with Gasteiger partial charge in [0.15, 0.2) is 0 Å². The zero-order valence-electron chi connectivity index (χ0n) is 13.3. The molecule has 130 valence electrons. The average Bonchev–Trinajstić information content (AvgIpc) is 2.95. The number of rotatable bonds is 6. The zero-order valence-corrected chi connectivity index (χ0v) is 15.0. The van der Waals surface area contributed by atoms with Gasteiger partial charge in [-0.3, -0.25) is 0 Å². The van der Waals surface area contributed by atoms with Crippen LogP contribution in [0.5, 0.6) is 0 Å². The SMILES string of the molecule is CN(C)S(=O)(=O)c1ccccc1S(=O)(=O)NC1(CN)CCCC1. The molecule has 0 aromatic heterocycles. The maximum atomic E-state index is 12.8. The fraction of sp³-hybridized carbons (Fsp3) is 0.571. The van der Waals surface area contributed by atoms with E-state index < -0.39 is 25.6 Å². The second-order valence-corrected chi connectivity index (χ2v) is 9.80. The molecule has 0 spiro atoms. The molecule has 1 aromatic carbocycles. The molecule has 0 bridgehead atoms. The van der Waals surface area contributed by atoms with Gasteiger partial charge in [-0.15, -0.1) is 0 Å². The summed E-state index contributed by atoms with van der Waals surface area (Å²) in [6, 6.07) is 5.61. The first-order valence-electron chi connectivity index (χ1n) is 7.40. The molecule has 0 unspecified atom stereocenters. The lowest BCUT2D eigenvalue weighted by Crippen LogP contribution is -2.51. The van der Waals surface area contributed by atoms with Gasteiger partial charge < -0.3 is 5.73 Å². The van der Waals surface area contributed by atoms with Crippen molar-refractivity contribution in [2.75, 3.05) is 20.6 Å². The van der Waals surface area contributed by atoms with E-state index in [4.69, 9.17) is 5.73 Å². The summed E-state index contributed by atoms with van der Waals surface area (Å²) in [7, 11) is -5.13. The normalized spacial score (nSPS) is 18.4. The Kier molecular flexibility index (Phi) is 5.17. The molecule has 0 atom stereocenters. The summed E-state index contributed by atoms with van der Waals surface area (Å²) in [6.45, 7) is 0.189. The fourth-order valence-corrected chi connectivity index (χ4v) is 5.99. The average molecular weight is 361 g/mol. The van der Waals surface area contributed by atoms with Crippen LogP contribution in [0.3, 0.4) is 0 Å². The van der Waals surface area contributed by atoms with Gasteiger partial charge in [0.25, 0.3) is 0 Å². The van der Waals surface area contributed by atoms with Crippen molar-refractivity contribution in [3.05, 3.63) is 24.3 Å². The lowest BCUT2D eigenvalue weighted by atomic mass is 10.0. The number of hydrogen-bond acceptors (Lipinski definition) is 5. The molecule has 23 heavy (non-hydrogen) atoms. The van der Waals surface area contributed by atoms with Crippen molar-refractivity contribution in [2.24, 2.45) is 5.73 Å². The predicted molar refractivity (Wildman–Crippen MR) is 87.9 cm³/mol. The highest BCUT2D eigenvalue weighted by Crippen LogP contribution is 2.31. The first-order valence-corrected chi connectivity index (χ1v) is 10.3. The van der Waals surface area contributed by atoms with Crippen molar-refractivity contribution in [1.82, 2.24) is 9.03 Å². The van der Waals surface area contributed by atoms with Crippen molar-refractivity contribution in [1.29, 1.82) is 0 Å². The van der Waals surface area contributed by atoms with E-state index in [9.17, 15) is 16.8 Å². The highest BCUT2D eigenvalue weighted by molar-refractivity contribution is 7.92. The molecule has 1 aliphatic rings. The molecular formula is C14H23N3O4S2. The van der Waals surface area contributed by atoms with Gasteiger partial charge in [-0.1, -0.05) is 25.0 Å². The van der Waals surface area contributed by atoms with Crippen molar-refractivity contribution in [2.45, 2.75) is 41.0 Å². The molecule has 0 amide bonds. The Morgan fingerprint density at radius 3 is 2.09 bits per heavy atom. The number of nitrogens with two attached hydrogens (primary N) is 1. The van der Waals surface area contributed by atoms with Crippen molar-refractivity contribution in [3.8, 4) is 0 Å². The molecule has 1 aliphatic carbocycles. The Balaban J connectivity index is 2.50. The van der Waals surface area contributed by atoms with E-state index in [0.29, 0.717) is 12.8 Å². The lowest BCUT2D eigenvalue weighted by Gasteiger charge is -2.28. The Hall–Kier alpha value is -1.00. The second-order valence-electron chi connectivity index (χ2n) is 6.03. The van der Waals surface area contributed by atoms with Crippen LogP contribution in [-0.2, 0) is 20.0 Å². The summed E-state index contributed by atoms with van der Waals surface area (Å²) >= 11 is 0. The highest BCUT2D eigenvalue weighted by atomic mass is 32.2. The van der Waals surface area contributed by atoms with E-state index in [1.165, 1.54) is 38.4 Å². The summed E-state index contributed by atoms with van der Waals surface area (Å²) in [6.07, 6.45) is 3.12. The predicted octanol–water partition coefficient (Wildman–Crippen LogP) is 0.487. The standard InChI is InChI=1S/C14H23N3O4S2/c1-17(2)23(20,21)13-8-4-3-7-12(13)22(18,19)16-14(11-15)9-5-6-10-14/h3-4,7-8,16H,5-6,9-11,15H2,1-2H3. The van der Waals surface area contributed by atoms with Crippen LogP contribution in [-0.4, -0.2) is 47.3 Å². The quantitative estimate of drug-likeness (QED) is 0.766. The van der Waals surface area contributed by atoms with E-state index in [0.717, 1.165) is 17.1 Å². The van der Waals surface area contributed by atoms with Crippen molar-refractivity contribution >= 4 is 20.0 Å². The molecule has 9 heteroatoms. The third-order valence-electron chi connectivity index (χ3n) is 4.20. The molecule has 1 saturated carbocycles. The van der Waals surface area contributed by atoms with Gasteiger partial charge in [0.05, 0.1) is 0 Å². The first-order chi connectivity index (χ1) is 10.6. The highest BCUT2D eigenvalue weighted by Gasteiger charge is 2.38. The third kappa shape index (κ3) is 3.58. The maximum Gasteiger partial charge on any atom is 0.243 e. The zero-order chi connectivity index (χ0) is 17.3. The van der Waals surface area contributed by atoms with E-state index in [1.807, 2.05) is 0 Å². The van der Waals surface area contributed by atoms with E-state index in [-0.39, 0.29) is 16.3 Å². The Labute approximate surface area is 138 Å². The summed E-state index contributed by atoms with van der Waals surface area (Å²) in [4.78, 5) is -0.476. The monoisotopic (exact) mass is 361 g/mol. The van der Waals surface area contributed by atoms with Gasteiger partial charge in [0.2, 0.25) is 20.0 Å². The molecule has 0 radical (unpaired) electrons. The number of sulfonamides is 2. The largest absolute Gasteiger partial charge is 0.329 e. The van der Waals surface area contributed by atoms with E-state index in [1.54, 1.807) is 0 Å². The molecule has 2 rings (SSSR count). The molecule has 7 nitrogen and oxygen atoms in total.